The smallest absolute Gasteiger partial charge is 0.407 e. The van der Waals surface area contributed by atoms with Crippen LogP contribution in [0.2, 0.25) is 0 Å². The standard InChI is InChI=1S/C14H21NO4/c1-14(2,10-16)12(17)8-15-13(18)19-9-11-6-4-3-5-7-11/h3-7,12,16-17H,8-10H2,1-2H3,(H,15,18). The largest absolute Gasteiger partial charge is 0.445 e. The number of benzene rings is 1. The highest BCUT2D eigenvalue weighted by molar-refractivity contribution is 5.67. The van der Waals surface area contributed by atoms with Crippen LogP contribution in [0, 0.1) is 5.41 Å². The molecule has 1 rings (SSSR count). The molecule has 0 radical (unpaired) electrons. The number of alkyl carbamates (subject to hydrolysis) is 1. The first-order chi connectivity index (χ1) is 8.95. The van der Waals surface area contributed by atoms with Crippen molar-refractivity contribution in [3.63, 3.8) is 0 Å². The molecular formula is C14H21NO4. The van der Waals surface area contributed by atoms with Gasteiger partial charge in [0, 0.05) is 12.0 Å². The molecule has 5 heteroatoms. The molecule has 1 amide bonds. The number of aliphatic hydroxyl groups is 2. The molecule has 0 aliphatic rings. The van der Waals surface area contributed by atoms with Crippen molar-refractivity contribution in [2.24, 2.45) is 5.41 Å². The van der Waals surface area contributed by atoms with Crippen LogP contribution in [0.15, 0.2) is 30.3 Å². The third-order valence-corrected chi connectivity index (χ3v) is 2.96. The molecule has 0 spiro atoms. The average Bonchev–Trinajstić information content (AvgIpc) is 2.43. The van der Waals surface area contributed by atoms with Gasteiger partial charge in [-0.15, -0.1) is 0 Å². The summed E-state index contributed by atoms with van der Waals surface area (Å²) >= 11 is 0. The van der Waals surface area contributed by atoms with Gasteiger partial charge in [-0.2, -0.15) is 0 Å². The van der Waals surface area contributed by atoms with Crippen LogP contribution in [0.3, 0.4) is 0 Å². The van der Waals surface area contributed by atoms with E-state index in [2.05, 4.69) is 5.32 Å². The van der Waals surface area contributed by atoms with Gasteiger partial charge in [0.25, 0.3) is 0 Å². The number of carbonyl (C=O) groups is 1. The van der Waals surface area contributed by atoms with Gasteiger partial charge < -0.3 is 20.3 Å². The Morgan fingerprint density at radius 1 is 1.37 bits per heavy atom. The second-order valence-electron chi connectivity index (χ2n) is 5.11. The predicted octanol–water partition coefficient (Wildman–Crippen LogP) is 1.29. The van der Waals surface area contributed by atoms with E-state index in [0.29, 0.717) is 0 Å². The maximum atomic E-state index is 11.4. The molecule has 0 heterocycles. The molecule has 19 heavy (non-hydrogen) atoms. The molecule has 1 aromatic carbocycles. The lowest BCUT2D eigenvalue weighted by Crippen LogP contribution is -2.42. The maximum Gasteiger partial charge on any atom is 0.407 e. The van der Waals surface area contributed by atoms with Crippen molar-refractivity contribution in [1.82, 2.24) is 5.32 Å². The van der Waals surface area contributed by atoms with Gasteiger partial charge in [-0.05, 0) is 5.56 Å². The van der Waals surface area contributed by atoms with Crippen LogP contribution < -0.4 is 5.32 Å². The molecule has 0 aliphatic heterocycles. The fourth-order valence-corrected chi connectivity index (χ4v) is 1.34. The summed E-state index contributed by atoms with van der Waals surface area (Å²) in [6, 6.07) is 9.33. The second-order valence-corrected chi connectivity index (χ2v) is 5.11. The van der Waals surface area contributed by atoms with Crippen LogP contribution in [-0.4, -0.2) is 35.6 Å². The fraction of sp³-hybridized carbons (Fsp3) is 0.500. The zero-order chi connectivity index (χ0) is 14.3. The van der Waals surface area contributed by atoms with Crippen molar-refractivity contribution in [2.45, 2.75) is 26.6 Å². The summed E-state index contributed by atoms with van der Waals surface area (Å²) in [5.74, 6) is 0. The number of hydrogen-bond donors (Lipinski definition) is 3. The summed E-state index contributed by atoms with van der Waals surface area (Å²) in [5, 5.41) is 21.3. The Hall–Kier alpha value is -1.59. The summed E-state index contributed by atoms with van der Waals surface area (Å²) in [6.45, 7) is 3.51. The summed E-state index contributed by atoms with van der Waals surface area (Å²) in [4.78, 5) is 11.4. The number of aliphatic hydroxyl groups excluding tert-OH is 2. The van der Waals surface area contributed by atoms with Crippen molar-refractivity contribution < 1.29 is 19.7 Å². The zero-order valence-corrected chi connectivity index (χ0v) is 11.3. The monoisotopic (exact) mass is 267 g/mol. The number of ether oxygens (including phenoxy) is 1. The Morgan fingerprint density at radius 2 is 2.00 bits per heavy atom. The van der Waals surface area contributed by atoms with Gasteiger partial charge >= 0.3 is 6.09 Å². The lowest BCUT2D eigenvalue weighted by Gasteiger charge is -2.28. The van der Waals surface area contributed by atoms with E-state index in [4.69, 9.17) is 9.84 Å². The van der Waals surface area contributed by atoms with Crippen LogP contribution in [-0.2, 0) is 11.3 Å². The Bertz CT molecular complexity index is 392. The minimum Gasteiger partial charge on any atom is -0.445 e. The topological polar surface area (TPSA) is 78.8 Å². The number of nitrogens with one attached hydrogen (secondary N) is 1. The molecule has 106 valence electrons. The van der Waals surface area contributed by atoms with Gasteiger partial charge in [0.1, 0.15) is 6.61 Å². The van der Waals surface area contributed by atoms with Gasteiger partial charge in [0.15, 0.2) is 0 Å². The minimum atomic E-state index is -0.832. The third kappa shape index (κ3) is 5.28. The second kappa shape index (κ2) is 7.11. The molecule has 0 saturated carbocycles. The quantitative estimate of drug-likeness (QED) is 0.725. The number of rotatable bonds is 6. The normalized spacial score (nSPS) is 12.8. The van der Waals surface area contributed by atoms with E-state index in [0.717, 1.165) is 5.56 Å². The molecule has 0 saturated heterocycles. The van der Waals surface area contributed by atoms with Crippen LogP contribution in [0.4, 0.5) is 4.79 Å². The van der Waals surface area contributed by atoms with E-state index in [-0.39, 0.29) is 19.8 Å². The van der Waals surface area contributed by atoms with Crippen LogP contribution in [0.1, 0.15) is 19.4 Å². The number of amides is 1. The molecule has 0 aromatic heterocycles. The lowest BCUT2D eigenvalue weighted by molar-refractivity contribution is 0.00815. The highest BCUT2D eigenvalue weighted by Gasteiger charge is 2.27. The van der Waals surface area contributed by atoms with E-state index in [1.165, 1.54) is 0 Å². The summed E-state index contributed by atoms with van der Waals surface area (Å²) in [5.41, 5.74) is 0.237. The first-order valence-corrected chi connectivity index (χ1v) is 6.19. The SMILES string of the molecule is CC(C)(CO)C(O)CNC(=O)OCc1ccccc1. The summed E-state index contributed by atoms with van der Waals surface area (Å²) < 4.78 is 5.00. The van der Waals surface area contributed by atoms with E-state index in [1.54, 1.807) is 13.8 Å². The molecular weight excluding hydrogens is 246 g/mol. The molecule has 1 aromatic rings. The van der Waals surface area contributed by atoms with Gasteiger partial charge in [0.2, 0.25) is 0 Å². The van der Waals surface area contributed by atoms with Crippen molar-refractivity contribution in [1.29, 1.82) is 0 Å². The van der Waals surface area contributed by atoms with Crippen LogP contribution >= 0.6 is 0 Å². The Kier molecular flexibility index (Phi) is 5.79. The molecule has 1 unspecified atom stereocenters. The summed E-state index contributed by atoms with van der Waals surface area (Å²) in [6.07, 6.45) is -1.42. The van der Waals surface area contributed by atoms with Crippen molar-refractivity contribution in [3.05, 3.63) is 35.9 Å². The minimum absolute atomic E-state index is 0.0428. The van der Waals surface area contributed by atoms with Gasteiger partial charge in [-0.25, -0.2) is 4.79 Å². The number of carbonyl (C=O) groups excluding carboxylic acids is 1. The molecule has 1 atom stereocenters. The average molecular weight is 267 g/mol. The van der Waals surface area contributed by atoms with Crippen LogP contribution in [0.25, 0.3) is 0 Å². The highest BCUT2D eigenvalue weighted by atomic mass is 16.5. The van der Waals surface area contributed by atoms with Crippen LogP contribution in [0.5, 0.6) is 0 Å². The molecule has 0 aliphatic carbocycles. The van der Waals surface area contributed by atoms with E-state index >= 15 is 0 Å². The lowest BCUT2D eigenvalue weighted by atomic mass is 9.87. The molecule has 0 bridgehead atoms. The molecule has 3 N–H and O–H groups in total. The van der Waals surface area contributed by atoms with Crippen molar-refractivity contribution in [3.8, 4) is 0 Å². The summed E-state index contributed by atoms with van der Waals surface area (Å²) in [7, 11) is 0. The van der Waals surface area contributed by atoms with E-state index in [9.17, 15) is 9.90 Å². The first-order valence-electron chi connectivity index (χ1n) is 6.19. The zero-order valence-electron chi connectivity index (χ0n) is 11.3. The van der Waals surface area contributed by atoms with E-state index in [1.807, 2.05) is 30.3 Å². The molecule has 5 nitrogen and oxygen atoms in total. The highest BCUT2D eigenvalue weighted by Crippen LogP contribution is 2.18. The first kappa shape index (κ1) is 15.5. The predicted molar refractivity (Wildman–Crippen MR) is 71.5 cm³/mol. The van der Waals surface area contributed by atoms with Gasteiger partial charge in [-0.1, -0.05) is 44.2 Å². The molecule has 0 fully saturated rings. The van der Waals surface area contributed by atoms with Gasteiger partial charge in [-0.3, -0.25) is 0 Å². The number of hydrogen-bond acceptors (Lipinski definition) is 4. The van der Waals surface area contributed by atoms with Crippen molar-refractivity contribution >= 4 is 6.09 Å². The third-order valence-electron chi connectivity index (χ3n) is 2.96. The fourth-order valence-electron chi connectivity index (χ4n) is 1.34. The van der Waals surface area contributed by atoms with Gasteiger partial charge in [0.05, 0.1) is 12.7 Å². The maximum absolute atomic E-state index is 11.4. The Morgan fingerprint density at radius 3 is 2.58 bits per heavy atom. The Labute approximate surface area is 113 Å². The van der Waals surface area contributed by atoms with E-state index < -0.39 is 17.6 Å². The Balaban J connectivity index is 2.29. The van der Waals surface area contributed by atoms with Crippen molar-refractivity contribution in [2.75, 3.05) is 13.2 Å².